The summed E-state index contributed by atoms with van der Waals surface area (Å²) in [6.45, 7) is 4.14. The summed E-state index contributed by atoms with van der Waals surface area (Å²) in [5.74, 6) is 0.544. The lowest BCUT2D eigenvalue weighted by Crippen LogP contribution is -2.29. The highest BCUT2D eigenvalue weighted by Crippen LogP contribution is 2.30. The van der Waals surface area contributed by atoms with Crippen LogP contribution in [0.5, 0.6) is 11.5 Å². The molecule has 0 N–H and O–H groups in total. The molecule has 0 spiro atoms. The predicted molar refractivity (Wildman–Crippen MR) is 102 cm³/mol. The fourth-order valence-electron chi connectivity index (χ4n) is 2.99. The lowest BCUT2D eigenvalue weighted by molar-refractivity contribution is -0.151. The van der Waals surface area contributed by atoms with Gasteiger partial charge in [-0.25, -0.2) is 0 Å². The minimum absolute atomic E-state index is 0.0359. The molecule has 0 bridgehead atoms. The van der Waals surface area contributed by atoms with Crippen LogP contribution in [0.15, 0.2) is 36.4 Å². The van der Waals surface area contributed by atoms with Crippen molar-refractivity contribution in [1.29, 1.82) is 0 Å². The molecule has 0 amide bonds. The third kappa shape index (κ3) is 4.61. The summed E-state index contributed by atoms with van der Waals surface area (Å²) in [4.78, 5) is 24.1. The van der Waals surface area contributed by atoms with Crippen LogP contribution in [0, 0.1) is 5.92 Å². The number of halogens is 1. The van der Waals surface area contributed by atoms with Crippen molar-refractivity contribution in [2.24, 2.45) is 5.92 Å². The number of esters is 1. The first-order valence-corrected chi connectivity index (χ1v) is 9.20. The average Bonchev–Trinajstić information content (AvgIpc) is 2.66. The maximum absolute atomic E-state index is 12.5. The van der Waals surface area contributed by atoms with Gasteiger partial charge in [0.05, 0.1) is 12.5 Å². The van der Waals surface area contributed by atoms with Gasteiger partial charge in [-0.1, -0.05) is 11.6 Å². The Morgan fingerprint density at radius 3 is 2.78 bits per heavy atom. The number of ether oxygens (including phenoxy) is 3. The van der Waals surface area contributed by atoms with Gasteiger partial charge in [-0.2, -0.15) is 0 Å². The number of carbonyl (C=O) groups excluding carboxylic acids is 2. The van der Waals surface area contributed by atoms with E-state index in [0.717, 1.165) is 11.3 Å². The number of benzene rings is 2. The highest BCUT2D eigenvalue weighted by atomic mass is 35.5. The number of Topliss-reactive ketones (excluding diaryl/α,β-unsaturated/α-hetero) is 1. The van der Waals surface area contributed by atoms with Gasteiger partial charge in [-0.3, -0.25) is 9.59 Å². The highest BCUT2D eigenvalue weighted by molar-refractivity contribution is 6.30. The van der Waals surface area contributed by atoms with Crippen molar-refractivity contribution >= 4 is 23.4 Å². The number of hydrogen-bond donors (Lipinski definition) is 0. The number of rotatable bonds is 6. The van der Waals surface area contributed by atoms with Gasteiger partial charge in [0.25, 0.3) is 0 Å². The molecule has 0 aromatic heterocycles. The second-order valence-electron chi connectivity index (χ2n) is 6.38. The standard InChI is InChI=1S/C21H21ClO5/c1-3-25-20-6-4-14(13(2)23)8-16(20)11-27-21(24)17-9-15-10-18(22)5-7-19(15)26-12-17/h4-8,10,17H,3,9,11-12H2,1-2H3. The molecular formula is C21H21ClO5. The van der Waals surface area contributed by atoms with Gasteiger partial charge in [0.2, 0.25) is 0 Å². The molecule has 2 aromatic rings. The fraction of sp³-hybridized carbons (Fsp3) is 0.333. The van der Waals surface area contributed by atoms with Crippen LogP contribution in [0.2, 0.25) is 5.02 Å². The SMILES string of the molecule is CCOc1ccc(C(C)=O)cc1COC(=O)C1COc2ccc(Cl)cc2C1. The first-order chi connectivity index (χ1) is 13.0. The molecule has 3 rings (SSSR count). The molecule has 0 saturated carbocycles. The van der Waals surface area contributed by atoms with E-state index in [1.54, 1.807) is 36.4 Å². The molecule has 1 atom stereocenters. The second-order valence-corrected chi connectivity index (χ2v) is 6.82. The van der Waals surface area contributed by atoms with Crippen LogP contribution in [-0.4, -0.2) is 25.0 Å². The normalized spacial score (nSPS) is 15.4. The summed E-state index contributed by atoms with van der Waals surface area (Å²) in [6.07, 6.45) is 0.514. The second kappa shape index (κ2) is 8.44. The topological polar surface area (TPSA) is 61.8 Å². The first-order valence-electron chi connectivity index (χ1n) is 8.82. The Balaban J connectivity index is 1.68. The Labute approximate surface area is 163 Å². The van der Waals surface area contributed by atoms with E-state index in [0.29, 0.717) is 34.9 Å². The van der Waals surface area contributed by atoms with Crippen LogP contribution in [0.3, 0.4) is 0 Å². The van der Waals surface area contributed by atoms with Gasteiger partial charge in [-0.15, -0.1) is 0 Å². The van der Waals surface area contributed by atoms with Crippen LogP contribution < -0.4 is 9.47 Å². The number of hydrogen-bond acceptors (Lipinski definition) is 5. The molecule has 1 unspecified atom stereocenters. The minimum Gasteiger partial charge on any atom is -0.493 e. The molecule has 142 valence electrons. The molecule has 0 radical (unpaired) electrons. The molecule has 2 aromatic carbocycles. The molecule has 6 heteroatoms. The third-order valence-corrected chi connectivity index (χ3v) is 4.63. The Bertz CT molecular complexity index is 862. The quantitative estimate of drug-likeness (QED) is 0.547. The largest absolute Gasteiger partial charge is 0.493 e. The summed E-state index contributed by atoms with van der Waals surface area (Å²) in [6, 6.07) is 10.5. The zero-order valence-corrected chi connectivity index (χ0v) is 16.0. The number of fused-ring (bicyclic) bond motifs is 1. The van der Waals surface area contributed by atoms with Crippen LogP contribution in [0.1, 0.15) is 35.3 Å². The van der Waals surface area contributed by atoms with E-state index in [2.05, 4.69) is 0 Å². The monoisotopic (exact) mass is 388 g/mol. The molecule has 27 heavy (non-hydrogen) atoms. The summed E-state index contributed by atoms with van der Waals surface area (Å²) in [7, 11) is 0. The van der Waals surface area contributed by atoms with E-state index >= 15 is 0 Å². The summed E-state index contributed by atoms with van der Waals surface area (Å²) < 4.78 is 16.7. The van der Waals surface area contributed by atoms with E-state index in [4.69, 9.17) is 25.8 Å². The molecule has 0 saturated heterocycles. The van der Waals surface area contributed by atoms with E-state index in [-0.39, 0.29) is 25.0 Å². The van der Waals surface area contributed by atoms with Crippen molar-refractivity contribution in [3.63, 3.8) is 0 Å². The Morgan fingerprint density at radius 2 is 2.04 bits per heavy atom. The van der Waals surface area contributed by atoms with Crippen molar-refractivity contribution in [3.05, 3.63) is 58.1 Å². The Morgan fingerprint density at radius 1 is 1.22 bits per heavy atom. The van der Waals surface area contributed by atoms with Crippen molar-refractivity contribution in [2.75, 3.05) is 13.2 Å². The minimum atomic E-state index is -0.400. The lowest BCUT2D eigenvalue weighted by Gasteiger charge is -2.24. The maximum atomic E-state index is 12.5. The zero-order valence-electron chi connectivity index (χ0n) is 15.3. The van der Waals surface area contributed by atoms with Gasteiger partial charge in [0, 0.05) is 16.1 Å². The van der Waals surface area contributed by atoms with E-state index < -0.39 is 5.92 Å². The lowest BCUT2D eigenvalue weighted by atomic mass is 9.97. The van der Waals surface area contributed by atoms with Gasteiger partial charge in [0.15, 0.2) is 5.78 Å². The predicted octanol–water partition coefficient (Wildman–Crippen LogP) is 4.24. The van der Waals surface area contributed by atoms with E-state index in [9.17, 15) is 9.59 Å². The summed E-state index contributed by atoms with van der Waals surface area (Å²) in [5, 5.41) is 0.605. The van der Waals surface area contributed by atoms with Gasteiger partial charge in [-0.05, 0) is 62.2 Å². The molecule has 1 aliphatic heterocycles. The van der Waals surface area contributed by atoms with E-state index in [1.807, 2.05) is 6.92 Å². The van der Waals surface area contributed by atoms with Crippen LogP contribution in [0.4, 0.5) is 0 Å². The van der Waals surface area contributed by atoms with Crippen molar-refractivity contribution in [1.82, 2.24) is 0 Å². The molecule has 1 heterocycles. The average molecular weight is 389 g/mol. The van der Waals surface area contributed by atoms with Crippen LogP contribution in [0.25, 0.3) is 0 Å². The molecule has 0 aliphatic carbocycles. The molecular weight excluding hydrogens is 368 g/mol. The smallest absolute Gasteiger partial charge is 0.313 e. The Hall–Kier alpha value is -2.53. The van der Waals surface area contributed by atoms with Gasteiger partial charge < -0.3 is 14.2 Å². The Kier molecular flexibility index (Phi) is 6.01. The van der Waals surface area contributed by atoms with Crippen LogP contribution in [-0.2, 0) is 22.6 Å². The van der Waals surface area contributed by atoms with Gasteiger partial charge >= 0.3 is 5.97 Å². The number of ketones is 1. The first kappa shape index (κ1) is 19.2. The molecule has 5 nitrogen and oxygen atoms in total. The molecule has 1 aliphatic rings. The highest BCUT2D eigenvalue weighted by Gasteiger charge is 2.27. The summed E-state index contributed by atoms with van der Waals surface area (Å²) in [5.41, 5.74) is 2.11. The third-order valence-electron chi connectivity index (χ3n) is 4.40. The van der Waals surface area contributed by atoms with Gasteiger partial charge in [0.1, 0.15) is 24.7 Å². The maximum Gasteiger partial charge on any atom is 0.313 e. The van der Waals surface area contributed by atoms with Crippen molar-refractivity contribution < 1.29 is 23.8 Å². The zero-order chi connectivity index (χ0) is 19.4. The van der Waals surface area contributed by atoms with Crippen LogP contribution >= 0.6 is 11.6 Å². The van der Waals surface area contributed by atoms with E-state index in [1.165, 1.54) is 6.92 Å². The number of carbonyl (C=O) groups is 2. The summed E-state index contributed by atoms with van der Waals surface area (Å²) >= 11 is 6.02. The van der Waals surface area contributed by atoms with Crippen molar-refractivity contribution in [3.8, 4) is 11.5 Å². The molecule has 0 fully saturated rings. The van der Waals surface area contributed by atoms with Crippen molar-refractivity contribution in [2.45, 2.75) is 26.9 Å². The fourth-order valence-corrected chi connectivity index (χ4v) is 3.18.